The molecule has 1 N–H and O–H groups in total. The summed E-state index contributed by atoms with van der Waals surface area (Å²) in [5, 5.41) is 6.86. The molecule has 0 spiro atoms. The van der Waals surface area contributed by atoms with Gasteiger partial charge in [0.2, 0.25) is 17.7 Å². The summed E-state index contributed by atoms with van der Waals surface area (Å²) in [7, 11) is 1.74. The summed E-state index contributed by atoms with van der Waals surface area (Å²) in [5.41, 5.74) is 0.638. The highest BCUT2D eigenvalue weighted by molar-refractivity contribution is 5.90. The Morgan fingerprint density at radius 1 is 1.35 bits per heavy atom. The smallest absolute Gasteiger partial charge is 0.228 e. The SMILES string of the molecule is CN1C(=O)C[C@@H](C(=O)NCCc2nc(Cc3ccccc3)no2)C1(C)C. The molecule has 1 saturated heterocycles. The number of rotatable bonds is 6. The summed E-state index contributed by atoms with van der Waals surface area (Å²) in [6, 6.07) is 9.93. The molecular weight excluding hydrogens is 332 g/mol. The second kappa shape index (κ2) is 7.27. The molecule has 2 aromatic rings. The van der Waals surface area contributed by atoms with E-state index in [1.165, 1.54) is 0 Å². The monoisotopic (exact) mass is 356 g/mol. The van der Waals surface area contributed by atoms with Crippen LogP contribution in [0.1, 0.15) is 37.5 Å². The van der Waals surface area contributed by atoms with Crippen LogP contribution in [0.25, 0.3) is 0 Å². The lowest BCUT2D eigenvalue weighted by atomic mass is 9.88. The number of amides is 2. The maximum absolute atomic E-state index is 12.4. The predicted molar refractivity (Wildman–Crippen MR) is 95.2 cm³/mol. The molecule has 0 aliphatic carbocycles. The molecule has 1 aliphatic rings. The van der Waals surface area contributed by atoms with Crippen LogP contribution in [0.5, 0.6) is 0 Å². The standard InChI is InChI=1S/C19H24N4O3/c1-19(2)14(12-17(24)23(19)3)18(25)20-10-9-16-21-15(22-26-16)11-13-7-5-4-6-8-13/h4-8,14H,9-12H2,1-3H3,(H,20,25)/t14-/m0/s1. The van der Waals surface area contributed by atoms with Crippen molar-refractivity contribution in [1.29, 1.82) is 0 Å². The van der Waals surface area contributed by atoms with Crippen molar-refractivity contribution in [3.05, 3.63) is 47.6 Å². The first-order valence-corrected chi connectivity index (χ1v) is 8.77. The molecule has 2 amide bonds. The van der Waals surface area contributed by atoms with Crippen LogP contribution >= 0.6 is 0 Å². The summed E-state index contributed by atoms with van der Waals surface area (Å²) in [6.45, 7) is 4.22. The summed E-state index contributed by atoms with van der Waals surface area (Å²) in [5.74, 6) is 0.655. The van der Waals surface area contributed by atoms with E-state index < -0.39 is 5.54 Å². The van der Waals surface area contributed by atoms with Crippen LogP contribution in [-0.2, 0) is 22.4 Å². The minimum Gasteiger partial charge on any atom is -0.355 e. The number of nitrogens with zero attached hydrogens (tertiary/aromatic N) is 3. The van der Waals surface area contributed by atoms with Gasteiger partial charge in [-0.2, -0.15) is 4.98 Å². The van der Waals surface area contributed by atoms with E-state index in [1.54, 1.807) is 11.9 Å². The fourth-order valence-electron chi connectivity index (χ4n) is 3.19. The van der Waals surface area contributed by atoms with Crippen molar-refractivity contribution in [3.8, 4) is 0 Å². The van der Waals surface area contributed by atoms with Gasteiger partial charge in [0.05, 0.1) is 5.92 Å². The Hall–Kier alpha value is -2.70. The van der Waals surface area contributed by atoms with Gasteiger partial charge in [-0.3, -0.25) is 9.59 Å². The second-order valence-electron chi connectivity index (χ2n) is 7.17. The van der Waals surface area contributed by atoms with Crippen LogP contribution < -0.4 is 5.32 Å². The van der Waals surface area contributed by atoms with E-state index >= 15 is 0 Å². The van der Waals surface area contributed by atoms with Gasteiger partial charge in [0.1, 0.15) is 0 Å². The zero-order valence-electron chi connectivity index (χ0n) is 15.4. The van der Waals surface area contributed by atoms with Gasteiger partial charge in [0.15, 0.2) is 5.82 Å². The average Bonchev–Trinajstić information content (AvgIpc) is 3.13. The first-order valence-electron chi connectivity index (χ1n) is 8.77. The van der Waals surface area contributed by atoms with Crippen molar-refractivity contribution >= 4 is 11.8 Å². The molecule has 1 aliphatic heterocycles. The first kappa shape index (κ1) is 18.1. The van der Waals surface area contributed by atoms with Gasteiger partial charge in [-0.05, 0) is 19.4 Å². The minimum absolute atomic E-state index is 0.00222. The molecule has 138 valence electrons. The molecule has 1 aromatic heterocycles. The Bertz CT molecular complexity index is 785. The molecule has 0 bridgehead atoms. The van der Waals surface area contributed by atoms with Crippen molar-refractivity contribution < 1.29 is 14.1 Å². The van der Waals surface area contributed by atoms with Gasteiger partial charge in [-0.25, -0.2) is 0 Å². The van der Waals surface area contributed by atoms with E-state index in [9.17, 15) is 9.59 Å². The highest BCUT2D eigenvalue weighted by atomic mass is 16.5. The largest absolute Gasteiger partial charge is 0.355 e. The molecule has 7 heteroatoms. The van der Waals surface area contributed by atoms with Gasteiger partial charge in [-0.1, -0.05) is 35.5 Å². The summed E-state index contributed by atoms with van der Waals surface area (Å²) < 4.78 is 5.24. The topological polar surface area (TPSA) is 88.3 Å². The van der Waals surface area contributed by atoms with E-state index in [2.05, 4.69) is 15.5 Å². The molecule has 1 aromatic carbocycles. The van der Waals surface area contributed by atoms with Crippen LogP contribution in [0.3, 0.4) is 0 Å². The second-order valence-corrected chi connectivity index (χ2v) is 7.17. The molecule has 0 saturated carbocycles. The molecule has 1 atom stereocenters. The minimum atomic E-state index is -0.478. The molecule has 26 heavy (non-hydrogen) atoms. The van der Waals surface area contributed by atoms with E-state index in [4.69, 9.17) is 4.52 Å². The Morgan fingerprint density at radius 2 is 2.08 bits per heavy atom. The van der Waals surface area contributed by atoms with Crippen LogP contribution in [0.15, 0.2) is 34.9 Å². The highest BCUT2D eigenvalue weighted by Gasteiger charge is 2.47. The van der Waals surface area contributed by atoms with E-state index in [1.807, 2.05) is 44.2 Å². The van der Waals surface area contributed by atoms with Crippen molar-refractivity contribution in [2.75, 3.05) is 13.6 Å². The van der Waals surface area contributed by atoms with E-state index in [-0.39, 0.29) is 24.2 Å². The number of hydrogen-bond acceptors (Lipinski definition) is 5. The summed E-state index contributed by atoms with van der Waals surface area (Å²) >= 11 is 0. The van der Waals surface area contributed by atoms with Gasteiger partial charge in [0.25, 0.3) is 0 Å². The zero-order valence-corrected chi connectivity index (χ0v) is 15.4. The van der Waals surface area contributed by atoms with Gasteiger partial charge in [0, 0.05) is 38.4 Å². The van der Waals surface area contributed by atoms with Crippen LogP contribution in [0.4, 0.5) is 0 Å². The molecule has 1 fully saturated rings. The fourth-order valence-corrected chi connectivity index (χ4v) is 3.19. The zero-order chi connectivity index (χ0) is 18.7. The third kappa shape index (κ3) is 3.76. The Kier molecular flexibility index (Phi) is 5.06. The number of likely N-dealkylation sites (tertiary alicyclic amines) is 1. The number of hydrogen-bond donors (Lipinski definition) is 1. The van der Waals surface area contributed by atoms with Crippen LogP contribution in [0, 0.1) is 5.92 Å². The molecule has 0 unspecified atom stereocenters. The maximum Gasteiger partial charge on any atom is 0.228 e. The number of aromatic nitrogens is 2. The van der Waals surface area contributed by atoms with Crippen molar-refractivity contribution in [3.63, 3.8) is 0 Å². The van der Waals surface area contributed by atoms with Crippen molar-refractivity contribution in [1.82, 2.24) is 20.4 Å². The molecule has 0 radical (unpaired) electrons. The van der Waals surface area contributed by atoms with Crippen molar-refractivity contribution in [2.45, 2.75) is 38.6 Å². The number of carbonyl (C=O) groups is 2. The highest BCUT2D eigenvalue weighted by Crippen LogP contribution is 2.34. The van der Waals surface area contributed by atoms with Gasteiger partial charge in [-0.15, -0.1) is 0 Å². The maximum atomic E-state index is 12.4. The van der Waals surface area contributed by atoms with Crippen LogP contribution in [0.2, 0.25) is 0 Å². The fraction of sp³-hybridized carbons (Fsp3) is 0.474. The average molecular weight is 356 g/mol. The lowest BCUT2D eigenvalue weighted by Crippen LogP contribution is -2.47. The van der Waals surface area contributed by atoms with Crippen LogP contribution in [-0.4, -0.2) is 46.0 Å². The third-order valence-electron chi connectivity index (χ3n) is 5.14. The first-order chi connectivity index (χ1) is 12.4. The molecule has 7 nitrogen and oxygen atoms in total. The Balaban J connectivity index is 1.49. The summed E-state index contributed by atoms with van der Waals surface area (Å²) in [6.07, 6.45) is 1.32. The third-order valence-corrected chi connectivity index (χ3v) is 5.14. The lowest BCUT2D eigenvalue weighted by Gasteiger charge is -2.32. The normalized spacial score (nSPS) is 19.0. The van der Waals surface area contributed by atoms with Gasteiger partial charge >= 0.3 is 0 Å². The molecule has 2 heterocycles. The number of carbonyl (C=O) groups excluding carboxylic acids is 2. The Morgan fingerprint density at radius 3 is 2.73 bits per heavy atom. The van der Waals surface area contributed by atoms with Gasteiger partial charge < -0.3 is 14.7 Å². The molecular formula is C19H24N4O3. The van der Waals surface area contributed by atoms with Crippen molar-refractivity contribution in [2.24, 2.45) is 5.92 Å². The number of nitrogens with one attached hydrogen (secondary N) is 1. The predicted octanol–water partition coefficient (Wildman–Crippen LogP) is 1.58. The quantitative estimate of drug-likeness (QED) is 0.849. The van der Waals surface area contributed by atoms with E-state index in [0.717, 1.165) is 5.56 Å². The lowest BCUT2D eigenvalue weighted by molar-refractivity contribution is -0.128. The van der Waals surface area contributed by atoms with E-state index in [0.29, 0.717) is 31.1 Å². The Labute approximate surface area is 152 Å². The molecule has 3 rings (SSSR count). The summed E-state index contributed by atoms with van der Waals surface area (Å²) in [4.78, 5) is 30.3. The number of benzene rings is 1.